The molecule has 0 saturated carbocycles. The van der Waals surface area contributed by atoms with Crippen LogP contribution in [0.3, 0.4) is 0 Å². The highest BCUT2D eigenvalue weighted by Crippen LogP contribution is 2.23. The Morgan fingerprint density at radius 1 is 1.29 bits per heavy atom. The van der Waals surface area contributed by atoms with E-state index in [1.54, 1.807) is 0 Å². The zero-order chi connectivity index (χ0) is 12.4. The second-order valence-corrected chi connectivity index (χ2v) is 3.66. The van der Waals surface area contributed by atoms with Crippen LogP contribution in [0.4, 0.5) is 8.78 Å². The lowest BCUT2D eigenvalue weighted by molar-refractivity contribution is 0.0296. The van der Waals surface area contributed by atoms with Gasteiger partial charge in [0, 0.05) is 13.1 Å². The van der Waals surface area contributed by atoms with Crippen molar-refractivity contribution in [2.75, 3.05) is 26.3 Å². The highest BCUT2D eigenvalue weighted by molar-refractivity contribution is 5.95. The fraction of sp³-hybridized carbons (Fsp3) is 0.364. The molecule has 0 aromatic heterocycles. The molecule has 2 rings (SSSR count). The molecule has 6 heteroatoms. The van der Waals surface area contributed by atoms with Crippen LogP contribution in [0, 0.1) is 11.6 Å². The second kappa shape index (κ2) is 4.67. The van der Waals surface area contributed by atoms with Crippen molar-refractivity contribution in [3.05, 3.63) is 29.3 Å². The first-order chi connectivity index (χ1) is 8.11. The van der Waals surface area contributed by atoms with Gasteiger partial charge in [0.15, 0.2) is 11.6 Å². The summed E-state index contributed by atoms with van der Waals surface area (Å²) < 4.78 is 31.9. The maximum absolute atomic E-state index is 13.5. The summed E-state index contributed by atoms with van der Waals surface area (Å²) in [6.45, 7) is 1.25. The summed E-state index contributed by atoms with van der Waals surface area (Å²) in [5.74, 6) is -3.69. The molecule has 1 saturated heterocycles. The SMILES string of the molecule is O=C(c1c(F)ccc(O)c1F)N1CCOCC1. The lowest BCUT2D eigenvalue weighted by Crippen LogP contribution is -2.41. The van der Waals surface area contributed by atoms with Gasteiger partial charge in [-0.2, -0.15) is 0 Å². The molecule has 0 unspecified atom stereocenters. The van der Waals surface area contributed by atoms with Crippen molar-refractivity contribution in [2.24, 2.45) is 0 Å². The van der Waals surface area contributed by atoms with Gasteiger partial charge in [-0.15, -0.1) is 0 Å². The number of aromatic hydroxyl groups is 1. The van der Waals surface area contributed by atoms with Crippen LogP contribution in [0.15, 0.2) is 12.1 Å². The molecule has 0 bridgehead atoms. The summed E-state index contributed by atoms with van der Waals surface area (Å²) in [5, 5.41) is 9.13. The van der Waals surface area contributed by atoms with E-state index in [0.29, 0.717) is 13.2 Å². The van der Waals surface area contributed by atoms with Crippen LogP contribution in [-0.4, -0.2) is 42.2 Å². The molecule has 1 N–H and O–H groups in total. The molecule has 17 heavy (non-hydrogen) atoms. The van der Waals surface area contributed by atoms with E-state index in [0.717, 1.165) is 12.1 Å². The number of carbonyl (C=O) groups is 1. The zero-order valence-corrected chi connectivity index (χ0v) is 8.95. The van der Waals surface area contributed by atoms with E-state index in [9.17, 15) is 13.6 Å². The summed E-state index contributed by atoms with van der Waals surface area (Å²) in [5.41, 5.74) is -0.716. The topological polar surface area (TPSA) is 49.8 Å². The zero-order valence-electron chi connectivity index (χ0n) is 8.95. The minimum atomic E-state index is -1.22. The van der Waals surface area contributed by atoms with Crippen molar-refractivity contribution < 1.29 is 23.4 Å². The normalized spacial score (nSPS) is 16.0. The van der Waals surface area contributed by atoms with Gasteiger partial charge in [-0.05, 0) is 12.1 Å². The molecule has 1 amide bonds. The van der Waals surface area contributed by atoms with Gasteiger partial charge in [0.1, 0.15) is 11.4 Å². The molecule has 0 radical (unpaired) electrons. The number of amides is 1. The highest BCUT2D eigenvalue weighted by Gasteiger charge is 2.26. The maximum Gasteiger partial charge on any atom is 0.260 e. The van der Waals surface area contributed by atoms with Crippen molar-refractivity contribution in [1.82, 2.24) is 4.90 Å². The fourth-order valence-corrected chi connectivity index (χ4v) is 1.66. The van der Waals surface area contributed by atoms with Crippen molar-refractivity contribution in [1.29, 1.82) is 0 Å². The summed E-state index contributed by atoms with van der Waals surface area (Å²) in [4.78, 5) is 13.2. The molecule has 0 aliphatic carbocycles. The summed E-state index contributed by atoms with van der Waals surface area (Å²) in [6, 6.07) is 1.74. The molecule has 1 aromatic carbocycles. The van der Waals surface area contributed by atoms with E-state index < -0.39 is 28.9 Å². The van der Waals surface area contributed by atoms with Gasteiger partial charge in [0.05, 0.1) is 13.2 Å². The van der Waals surface area contributed by atoms with Crippen LogP contribution in [-0.2, 0) is 4.74 Å². The van der Waals surface area contributed by atoms with Crippen LogP contribution >= 0.6 is 0 Å². The van der Waals surface area contributed by atoms with E-state index in [-0.39, 0.29) is 13.1 Å². The lowest BCUT2D eigenvalue weighted by Gasteiger charge is -2.27. The van der Waals surface area contributed by atoms with E-state index in [4.69, 9.17) is 9.84 Å². The number of carbonyl (C=O) groups excluding carboxylic acids is 1. The van der Waals surface area contributed by atoms with Gasteiger partial charge in [0.25, 0.3) is 5.91 Å². The summed E-state index contributed by atoms with van der Waals surface area (Å²) in [6.07, 6.45) is 0. The van der Waals surface area contributed by atoms with E-state index in [2.05, 4.69) is 0 Å². The predicted octanol–water partition coefficient (Wildman–Crippen LogP) is 1.14. The van der Waals surface area contributed by atoms with Crippen molar-refractivity contribution in [3.63, 3.8) is 0 Å². The van der Waals surface area contributed by atoms with Crippen LogP contribution in [0.2, 0.25) is 0 Å². The Morgan fingerprint density at radius 2 is 1.94 bits per heavy atom. The van der Waals surface area contributed by atoms with Gasteiger partial charge in [-0.3, -0.25) is 4.79 Å². The number of hydrogen-bond acceptors (Lipinski definition) is 3. The van der Waals surface area contributed by atoms with Gasteiger partial charge in [0.2, 0.25) is 0 Å². The number of nitrogens with zero attached hydrogens (tertiary/aromatic N) is 1. The number of ether oxygens (including phenoxy) is 1. The number of morpholine rings is 1. The Balaban J connectivity index is 2.32. The average Bonchev–Trinajstić information content (AvgIpc) is 2.35. The molecule has 1 heterocycles. The third-order valence-corrected chi connectivity index (χ3v) is 2.58. The van der Waals surface area contributed by atoms with E-state index in [1.165, 1.54) is 4.90 Å². The van der Waals surface area contributed by atoms with Crippen molar-refractivity contribution in [3.8, 4) is 5.75 Å². The number of benzene rings is 1. The Hall–Kier alpha value is -1.69. The average molecular weight is 243 g/mol. The first-order valence-corrected chi connectivity index (χ1v) is 5.15. The minimum Gasteiger partial charge on any atom is -0.505 e. The van der Waals surface area contributed by atoms with Gasteiger partial charge < -0.3 is 14.7 Å². The van der Waals surface area contributed by atoms with Crippen molar-refractivity contribution in [2.45, 2.75) is 0 Å². The third kappa shape index (κ3) is 2.21. The quantitative estimate of drug-likeness (QED) is 0.804. The first kappa shape index (κ1) is 11.8. The maximum atomic E-state index is 13.5. The molecule has 92 valence electrons. The van der Waals surface area contributed by atoms with Crippen LogP contribution in [0.5, 0.6) is 5.75 Å². The Labute approximate surface area is 96.4 Å². The largest absolute Gasteiger partial charge is 0.505 e. The lowest BCUT2D eigenvalue weighted by atomic mass is 10.1. The molecule has 1 aliphatic heterocycles. The van der Waals surface area contributed by atoms with Gasteiger partial charge >= 0.3 is 0 Å². The smallest absolute Gasteiger partial charge is 0.260 e. The van der Waals surface area contributed by atoms with Gasteiger partial charge in [-0.1, -0.05) is 0 Å². The minimum absolute atomic E-state index is 0.285. The molecular formula is C11H11F2NO3. The summed E-state index contributed by atoms with van der Waals surface area (Å²) >= 11 is 0. The van der Waals surface area contributed by atoms with Crippen LogP contribution < -0.4 is 0 Å². The molecule has 1 aliphatic rings. The van der Waals surface area contributed by atoms with Gasteiger partial charge in [-0.25, -0.2) is 8.78 Å². The first-order valence-electron chi connectivity index (χ1n) is 5.15. The summed E-state index contributed by atoms with van der Waals surface area (Å²) in [7, 11) is 0. The van der Waals surface area contributed by atoms with E-state index >= 15 is 0 Å². The molecule has 1 fully saturated rings. The number of rotatable bonds is 1. The molecular weight excluding hydrogens is 232 g/mol. The highest BCUT2D eigenvalue weighted by atomic mass is 19.1. The van der Waals surface area contributed by atoms with E-state index in [1.807, 2.05) is 0 Å². The Morgan fingerprint density at radius 3 is 2.59 bits per heavy atom. The molecule has 0 atom stereocenters. The van der Waals surface area contributed by atoms with Crippen LogP contribution in [0.1, 0.15) is 10.4 Å². The standard InChI is InChI=1S/C11H11F2NO3/c12-7-1-2-8(15)10(13)9(7)11(16)14-3-5-17-6-4-14/h1-2,15H,3-6H2. The number of hydrogen-bond donors (Lipinski definition) is 1. The molecule has 4 nitrogen and oxygen atoms in total. The second-order valence-electron chi connectivity index (χ2n) is 3.66. The Kier molecular flexibility index (Phi) is 3.23. The third-order valence-electron chi connectivity index (χ3n) is 2.58. The predicted molar refractivity (Wildman–Crippen MR) is 54.7 cm³/mol. The van der Waals surface area contributed by atoms with Crippen LogP contribution in [0.25, 0.3) is 0 Å². The Bertz CT molecular complexity index is 445. The fourth-order valence-electron chi connectivity index (χ4n) is 1.66. The number of halogens is 2. The monoisotopic (exact) mass is 243 g/mol. The number of phenolic OH excluding ortho intramolecular Hbond substituents is 1. The molecule has 1 aromatic rings. The number of phenols is 1. The van der Waals surface area contributed by atoms with Crippen molar-refractivity contribution >= 4 is 5.91 Å². The molecule has 0 spiro atoms.